The Hall–Kier alpha value is -0.390. The summed E-state index contributed by atoms with van der Waals surface area (Å²) in [5.41, 5.74) is 0.993. The first-order valence-corrected chi connectivity index (χ1v) is 8.92. The SMILES string of the molecule is C/C(=C/CS(C)(=O)=O)[C@@H]1C[C@H](C2CC2)OC(C)(C)O1. The lowest BCUT2D eigenvalue weighted by atomic mass is 9.99. The number of rotatable bonds is 4. The molecule has 0 aromatic rings. The summed E-state index contributed by atoms with van der Waals surface area (Å²) in [4.78, 5) is 0. The van der Waals surface area contributed by atoms with Gasteiger partial charge in [0, 0.05) is 12.7 Å². The van der Waals surface area contributed by atoms with Gasteiger partial charge in [-0.05, 0) is 45.1 Å². The Morgan fingerprint density at radius 3 is 2.47 bits per heavy atom. The fourth-order valence-corrected chi connectivity index (χ4v) is 3.06. The minimum absolute atomic E-state index is 0.0314. The Bertz CT molecular complexity index is 460. The number of hydrogen-bond donors (Lipinski definition) is 0. The van der Waals surface area contributed by atoms with Crippen molar-refractivity contribution in [1.29, 1.82) is 0 Å². The molecule has 0 spiro atoms. The molecule has 0 aromatic carbocycles. The Labute approximate surface area is 116 Å². The van der Waals surface area contributed by atoms with Crippen LogP contribution in [0.4, 0.5) is 0 Å². The standard InChI is InChI=1S/C14H24O4S/c1-10(7-8-19(4,15)16)12-9-13(11-5-6-11)18-14(2,3)17-12/h7,11-13H,5-6,8-9H2,1-4H3/b10-7-/t12-,13+/m0/s1. The maximum atomic E-state index is 11.2. The molecule has 1 saturated carbocycles. The lowest BCUT2D eigenvalue weighted by Gasteiger charge is -2.41. The van der Waals surface area contributed by atoms with Gasteiger partial charge in [-0.25, -0.2) is 8.42 Å². The van der Waals surface area contributed by atoms with E-state index in [1.165, 1.54) is 19.1 Å². The fourth-order valence-electron chi connectivity index (χ4n) is 2.49. The molecular formula is C14H24O4S. The third kappa shape index (κ3) is 4.58. The highest BCUT2D eigenvalue weighted by atomic mass is 32.2. The van der Waals surface area contributed by atoms with Gasteiger partial charge in [-0.3, -0.25) is 0 Å². The monoisotopic (exact) mass is 288 g/mol. The number of hydrogen-bond acceptors (Lipinski definition) is 4. The molecule has 0 bridgehead atoms. The first-order chi connectivity index (χ1) is 8.66. The first kappa shape index (κ1) is 15.0. The lowest BCUT2D eigenvalue weighted by Crippen LogP contribution is -2.45. The van der Waals surface area contributed by atoms with Crippen molar-refractivity contribution in [2.45, 2.75) is 58.0 Å². The molecular weight excluding hydrogens is 264 g/mol. The van der Waals surface area contributed by atoms with Gasteiger partial charge in [0.15, 0.2) is 15.6 Å². The highest BCUT2D eigenvalue weighted by Crippen LogP contribution is 2.42. The molecule has 1 heterocycles. The highest BCUT2D eigenvalue weighted by molar-refractivity contribution is 7.90. The summed E-state index contributed by atoms with van der Waals surface area (Å²) in [7, 11) is -2.97. The van der Waals surface area contributed by atoms with Crippen molar-refractivity contribution < 1.29 is 17.9 Å². The molecule has 19 heavy (non-hydrogen) atoms. The molecule has 0 radical (unpaired) electrons. The molecule has 0 N–H and O–H groups in total. The molecule has 4 nitrogen and oxygen atoms in total. The van der Waals surface area contributed by atoms with Crippen LogP contribution in [0.3, 0.4) is 0 Å². The zero-order chi connectivity index (χ0) is 14.3. The van der Waals surface area contributed by atoms with E-state index in [0.717, 1.165) is 12.0 Å². The predicted octanol–water partition coefficient (Wildman–Crippen LogP) is 2.30. The molecule has 2 aliphatic rings. The van der Waals surface area contributed by atoms with Crippen molar-refractivity contribution in [3.63, 3.8) is 0 Å². The Balaban J connectivity index is 2.05. The molecule has 2 atom stereocenters. The van der Waals surface area contributed by atoms with Gasteiger partial charge in [-0.15, -0.1) is 0 Å². The van der Waals surface area contributed by atoms with Gasteiger partial charge < -0.3 is 9.47 Å². The van der Waals surface area contributed by atoms with Crippen LogP contribution in [-0.4, -0.2) is 38.4 Å². The van der Waals surface area contributed by atoms with Crippen LogP contribution in [-0.2, 0) is 19.3 Å². The average Bonchev–Trinajstić information content (AvgIpc) is 3.06. The molecule has 0 aromatic heterocycles. The van der Waals surface area contributed by atoms with E-state index in [2.05, 4.69) is 0 Å². The van der Waals surface area contributed by atoms with Crippen LogP contribution >= 0.6 is 0 Å². The lowest BCUT2D eigenvalue weighted by molar-refractivity contribution is -0.295. The van der Waals surface area contributed by atoms with E-state index in [0.29, 0.717) is 5.92 Å². The Kier molecular flexibility index (Phi) is 4.10. The fraction of sp³-hybridized carbons (Fsp3) is 0.857. The normalized spacial score (nSPS) is 32.3. The zero-order valence-corrected chi connectivity index (χ0v) is 13.0. The molecule has 110 valence electrons. The summed E-state index contributed by atoms with van der Waals surface area (Å²) in [5, 5.41) is 0. The van der Waals surface area contributed by atoms with Crippen molar-refractivity contribution >= 4 is 9.84 Å². The molecule has 0 amide bonds. The van der Waals surface area contributed by atoms with Crippen LogP contribution in [0.25, 0.3) is 0 Å². The summed E-state index contributed by atoms with van der Waals surface area (Å²) in [6.07, 6.45) is 6.54. The van der Waals surface area contributed by atoms with Gasteiger partial charge in [0.25, 0.3) is 0 Å². The third-order valence-electron chi connectivity index (χ3n) is 3.67. The van der Waals surface area contributed by atoms with Crippen LogP contribution in [0.5, 0.6) is 0 Å². The second kappa shape index (κ2) is 5.19. The average molecular weight is 288 g/mol. The molecule has 2 rings (SSSR count). The first-order valence-electron chi connectivity index (χ1n) is 6.86. The van der Waals surface area contributed by atoms with Crippen molar-refractivity contribution in [2.75, 3.05) is 12.0 Å². The van der Waals surface area contributed by atoms with Gasteiger partial charge >= 0.3 is 0 Å². The smallest absolute Gasteiger partial charge is 0.163 e. The van der Waals surface area contributed by atoms with Crippen LogP contribution in [0.15, 0.2) is 11.6 Å². The molecule has 1 aliphatic carbocycles. The number of sulfone groups is 1. The van der Waals surface area contributed by atoms with E-state index < -0.39 is 15.6 Å². The van der Waals surface area contributed by atoms with Gasteiger partial charge in [-0.2, -0.15) is 0 Å². The molecule has 1 saturated heterocycles. The summed E-state index contributed by atoms with van der Waals surface area (Å²) < 4.78 is 34.3. The van der Waals surface area contributed by atoms with E-state index in [1.54, 1.807) is 6.08 Å². The Morgan fingerprint density at radius 2 is 1.95 bits per heavy atom. The maximum absolute atomic E-state index is 11.2. The van der Waals surface area contributed by atoms with Crippen LogP contribution in [0, 0.1) is 5.92 Å². The third-order valence-corrected chi connectivity index (χ3v) is 4.44. The van der Waals surface area contributed by atoms with Crippen LogP contribution in [0.2, 0.25) is 0 Å². The van der Waals surface area contributed by atoms with E-state index >= 15 is 0 Å². The second-order valence-electron chi connectivity index (χ2n) is 6.28. The predicted molar refractivity (Wildman–Crippen MR) is 74.6 cm³/mol. The van der Waals surface area contributed by atoms with Gasteiger partial charge in [0.05, 0.1) is 18.0 Å². The maximum Gasteiger partial charge on any atom is 0.163 e. The second-order valence-corrected chi connectivity index (χ2v) is 8.46. The van der Waals surface area contributed by atoms with Gasteiger partial charge in [0.2, 0.25) is 0 Å². The minimum atomic E-state index is -2.97. The summed E-state index contributed by atoms with van der Waals surface area (Å²) in [6.45, 7) is 5.80. The Morgan fingerprint density at radius 1 is 1.32 bits per heavy atom. The van der Waals surface area contributed by atoms with Gasteiger partial charge in [-0.1, -0.05) is 6.08 Å². The minimum Gasteiger partial charge on any atom is -0.347 e. The van der Waals surface area contributed by atoms with Crippen molar-refractivity contribution in [3.8, 4) is 0 Å². The van der Waals surface area contributed by atoms with Crippen molar-refractivity contribution in [2.24, 2.45) is 5.92 Å². The molecule has 1 aliphatic heterocycles. The summed E-state index contributed by atoms with van der Waals surface area (Å²) >= 11 is 0. The summed E-state index contributed by atoms with van der Waals surface area (Å²) in [6, 6.07) is 0. The number of ether oxygens (including phenoxy) is 2. The van der Waals surface area contributed by atoms with E-state index in [4.69, 9.17) is 9.47 Å². The topological polar surface area (TPSA) is 52.6 Å². The van der Waals surface area contributed by atoms with Crippen LogP contribution < -0.4 is 0 Å². The quantitative estimate of drug-likeness (QED) is 0.745. The van der Waals surface area contributed by atoms with Crippen molar-refractivity contribution in [3.05, 3.63) is 11.6 Å². The van der Waals surface area contributed by atoms with Crippen molar-refractivity contribution in [1.82, 2.24) is 0 Å². The van der Waals surface area contributed by atoms with E-state index in [-0.39, 0.29) is 18.0 Å². The molecule has 5 heteroatoms. The van der Waals surface area contributed by atoms with E-state index in [9.17, 15) is 8.42 Å². The largest absolute Gasteiger partial charge is 0.347 e. The molecule has 0 unspecified atom stereocenters. The molecule has 2 fully saturated rings. The van der Waals surface area contributed by atoms with Gasteiger partial charge in [0.1, 0.15) is 0 Å². The van der Waals surface area contributed by atoms with E-state index in [1.807, 2.05) is 20.8 Å². The zero-order valence-electron chi connectivity index (χ0n) is 12.2. The summed E-state index contributed by atoms with van der Waals surface area (Å²) in [5.74, 6) is 0.151. The highest BCUT2D eigenvalue weighted by Gasteiger charge is 2.42. The van der Waals surface area contributed by atoms with Crippen LogP contribution in [0.1, 0.15) is 40.0 Å².